The molecule has 1 amide bonds. The summed E-state index contributed by atoms with van der Waals surface area (Å²) in [4.78, 5) is 22.2. The Bertz CT molecular complexity index is 460. The van der Waals surface area contributed by atoms with Gasteiger partial charge in [0.05, 0.1) is 10.7 Å². The van der Waals surface area contributed by atoms with Crippen LogP contribution in [0, 0.1) is 12.8 Å². The fourth-order valence-electron chi connectivity index (χ4n) is 1.61. The van der Waals surface area contributed by atoms with Gasteiger partial charge < -0.3 is 10.4 Å². The summed E-state index contributed by atoms with van der Waals surface area (Å²) < 4.78 is 0. The molecule has 5 heteroatoms. The molecule has 98 valence electrons. The number of amides is 1. The van der Waals surface area contributed by atoms with Crippen molar-refractivity contribution >= 4 is 29.2 Å². The van der Waals surface area contributed by atoms with Crippen molar-refractivity contribution in [2.24, 2.45) is 5.92 Å². The highest BCUT2D eigenvalue weighted by Crippen LogP contribution is 2.23. The van der Waals surface area contributed by atoms with Crippen LogP contribution in [0.15, 0.2) is 18.2 Å². The Morgan fingerprint density at radius 1 is 1.39 bits per heavy atom. The molecule has 1 rings (SSSR count). The van der Waals surface area contributed by atoms with Gasteiger partial charge in [0.1, 0.15) is 0 Å². The van der Waals surface area contributed by atoms with Gasteiger partial charge in [-0.1, -0.05) is 24.6 Å². The second-order valence-corrected chi connectivity index (χ2v) is 4.85. The second kappa shape index (κ2) is 6.40. The molecule has 0 aliphatic rings. The highest BCUT2D eigenvalue weighted by Gasteiger charge is 2.13. The van der Waals surface area contributed by atoms with Crippen LogP contribution in [-0.4, -0.2) is 17.0 Å². The summed E-state index contributed by atoms with van der Waals surface area (Å²) >= 11 is 5.99. The molecule has 1 aromatic carbocycles. The summed E-state index contributed by atoms with van der Waals surface area (Å²) in [7, 11) is 0. The van der Waals surface area contributed by atoms with Crippen molar-refractivity contribution in [3.8, 4) is 0 Å². The molecule has 0 saturated carbocycles. The van der Waals surface area contributed by atoms with Gasteiger partial charge in [-0.05, 0) is 30.5 Å². The van der Waals surface area contributed by atoms with Crippen LogP contribution in [0.4, 0.5) is 5.69 Å². The molecule has 0 spiro atoms. The number of anilines is 1. The summed E-state index contributed by atoms with van der Waals surface area (Å²) in [6.45, 7) is 3.64. The van der Waals surface area contributed by atoms with E-state index in [1.54, 1.807) is 19.1 Å². The fraction of sp³-hybridized carbons (Fsp3) is 0.385. The lowest BCUT2D eigenvalue weighted by Gasteiger charge is -2.10. The van der Waals surface area contributed by atoms with Crippen LogP contribution in [0.2, 0.25) is 5.02 Å². The Kier molecular flexibility index (Phi) is 5.16. The first kappa shape index (κ1) is 14.5. The van der Waals surface area contributed by atoms with Crippen molar-refractivity contribution in [1.82, 2.24) is 0 Å². The summed E-state index contributed by atoms with van der Waals surface area (Å²) in [5.74, 6) is -1.33. The Hall–Kier alpha value is -1.55. The highest BCUT2D eigenvalue weighted by atomic mass is 35.5. The molecule has 18 heavy (non-hydrogen) atoms. The van der Waals surface area contributed by atoms with Gasteiger partial charge in [-0.15, -0.1) is 0 Å². The largest absolute Gasteiger partial charge is 0.481 e. The molecule has 0 aliphatic heterocycles. The predicted molar refractivity (Wildman–Crippen MR) is 70.9 cm³/mol. The van der Waals surface area contributed by atoms with E-state index < -0.39 is 5.97 Å². The first-order chi connectivity index (χ1) is 8.38. The zero-order valence-electron chi connectivity index (χ0n) is 10.4. The molecular weight excluding hydrogens is 254 g/mol. The number of hydrogen-bond acceptors (Lipinski definition) is 2. The molecule has 0 radical (unpaired) electrons. The summed E-state index contributed by atoms with van der Waals surface area (Å²) in [6, 6.07) is 5.34. The van der Waals surface area contributed by atoms with Crippen molar-refractivity contribution in [1.29, 1.82) is 0 Å². The van der Waals surface area contributed by atoms with Gasteiger partial charge in [0.25, 0.3) is 0 Å². The quantitative estimate of drug-likeness (QED) is 0.863. The van der Waals surface area contributed by atoms with E-state index in [1.807, 2.05) is 13.0 Å². The summed E-state index contributed by atoms with van der Waals surface area (Å²) in [6.07, 6.45) is 0.144. The van der Waals surface area contributed by atoms with Crippen LogP contribution >= 0.6 is 11.6 Å². The molecule has 2 N–H and O–H groups in total. The lowest BCUT2D eigenvalue weighted by atomic mass is 10.0. The van der Waals surface area contributed by atoms with Gasteiger partial charge in [0, 0.05) is 12.8 Å². The highest BCUT2D eigenvalue weighted by molar-refractivity contribution is 6.33. The molecule has 1 atom stereocenters. The number of hydrogen-bond donors (Lipinski definition) is 2. The topological polar surface area (TPSA) is 66.4 Å². The fourth-order valence-corrected chi connectivity index (χ4v) is 1.89. The third kappa shape index (κ3) is 4.75. The number of rotatable bonds is 5. The van der Waals surface area contributed by atoms with Crippen molar-refractivity contribution < 1.29 is 14.7 Å². The number of carbonyl (C=O) groups excluding carboxylic acids is 1. The second-order valence-electron chi connectivity index (χ2n) is 4.44. The van der Waals surface area contributed by atoms with Gasteiger partial charge in [0.2, 0.25) is 5.91 Å². The van der Waals surface area contributed by atoms with Crippen LogP contribution in [0.1, 0.15) is 25.3 Å². The van der Waals surface area contributed by atoms with E-state index >= 15 is 0 Å². The Balaban J connectivity index is 2.56. The normalized spacial score (nSPS) is 11.9. The number of carboxylic acids is 1. The zero-order valence-corrected chi connectivity index (χ0v) is 11.1. The van der Waals surface area contributed by atoms with E-state index in [4.69, 9.17) is 16.7 Å². The minimum atomic E-state index is -0.899. The molecular formula is C13H16ClNO3. The Labute approximate surface area is 111 Å². The molecule has 0 bridgehead atoms. The van der Waals surface area contributed by atoms with Crippen LogP contribution in [-0.2, 0) is 9.59 Å². The van der Waals surface area contributed by atoms with Gasteiger partial charge in [-0.3, -0.25) is 9.59 Å². The van der Waals surface area contributed by atoms with E-state index in [1.165, 1.54) is 0 Å². The third-order valence-corrected chi connectivity index (χ3v) is 2.77. The smallest absolute Gasteiger partial charge is 0.303 e. The van der Waals surface area contributed by atoms with E-state index in [9.17, 15) is 9.59 Å². The molecule has 0 aliphatic carbocycles. The Morgan fingerprint density at radius 2 is 2.06 bits per heavy atom. The van der Waals surface area contributed by atoms with Crippen LogP contribution in [0.3, 0.4) is 0 Å². The van der Waals surface area contributed by atoms with E-state index in [-0.39, 0.29) is 24.7 Å². The van der Waals surface area contributed by atoms with Crippen LogP contribution < -0.4 is 5.32 Å². The van der Waals surface area contributed by atoms with Gasteiger partial charge in [0.15, 0.2) is 0 Å². The lowest BCUT2D eigenvalue weighted by Crippen LogP contribution is -2.17. The number of aliphatic carboxylic acids is 1. The van der Waals surface area contributed by atoms with E-state index in [2.05, 4.69) is 5.32 Å². The molecule has 1 unspecified atom stereocenters. The first-order valence-corrected chi connectivity index (χ1v) is 6.04. The standard InChI is InChI=1S/C13H16ClNO3/c1-8-3-4-11(10(14)5-8)15-12(16)6-9(2)7-13(17)18/h3-5,9H,6-7H2,1-2H3,(H,15,16)(H,17,18). The number of carbonyl (C=O) groups is 2. The SMILES string of the molecule is Cc1ccc(NC(=O)CC(C)CC(=O)O)c(Cl)c1. The van der Waals surface area contributed by atoms with Crippen molar-refractivity contribution in [3.05, 3.63) is 28.8 Å². The minimum Gasteiger partial charge on any atom is -0.481 e. The van der Waals surface area contributed by atoms with Gasteiger partial charge in [-0.2, -0.15) is 0 Å². The number of halogens is 1. The lowest BCUT2D eigenvalue weighted by molar-refractivity contribution is -0.138. The van der Waals surface area contributed by atoms with Gasteiger partial charge in [-0.25, -0.2) is 0 Å². The minimum absolute atomic E-state index is 0.0188. The van der Waals surface area contributed by atoms with E-state index in [0.29, 0.717) is 10.7 Å². The molecule has 0 fully saturated rings. The summed E-state index contributed by atoms with van der Waals surface area (Å²) in [5, 5.41) is 11.8. The van der Waals surface area contributed by atoms with Gasteiger partial charge >= 0.3 is 5.97 Å². The van der Waals surface area contributed by atoms with Crippen molar-refractivity contribution in [2.75, 3.05) is 5.32 Å². The summed E-state index contributed by atoms with van der Waals surface area (Å²) in [5.41, 5.74) is 1.56. The molecule has 1 aromatic rings. The Morgan fingerprint density at radius 3 is 2.61 bits per heavy atom. The maximum absolute atomic E-state index is 11.7. The van der Waals surface area contributed by atoms with Crippen molar-refractivity contribution in [3.63, 3.8) is 0 Å². The maximum atomic E-state index is 11.7. The first-order valence-electron chi connectivity index (χ1n) is 5.66. The number of benzene rings is 1. The average molecular weight is 270 g/mol. The van der Waals surface area contributed by atoms with Crippen LogP contribution in [0.25, 0.3) is 0 Å². The third-order valence-electron chi connectivity index (χ3n) is 2.46. The molecule has 4 nitrogen and oxygen atoms in total. The van der Waals surface area contributed by atoms with E-state index in [0.717, 1.165) is 5.56 Å². The van der Waals surface area contributed by atoms with Crippen molar-refractivity contribution in [2.45, 2.75) is 26.7 Å². The van der Waals surface area contributed by atoms with Crippen LogP contribution in [0.5, 0.6) is 0 Å². The molecule has 0 aromatic heterocycles. The monoisotopic (exact) mass is 269 g/mol. The number of carboxylic acid groups (broad SMARTS) is 1. The number of aryl methyl sites for hydroxylation is 1. The maximum Gasteiger partial charge on any atom is 0.303 e. The molecule has 0 saturated heterocycles. The molecule has 0 heterocycles. The zero-order chi connectivity index (χ0) is 13.7. The predicted octanol–water partition coefficient (Wildman–Crippen LogP) is 3.09. The average Bonchev–Trinajstić information content (AvgIpc) is 2.20. The number of nitrogens with one attached hydrogen (secondary N) is 1.